The van der Waals surface area contributed by atoms with Gasteiger partial charge >= 0.3 is 0 Å². The molecule has 0 aliphatic carbocycles. The van der Waals surface area contributed by atoms with E-state index in [0.717, 1.165) is 38.4 Å². The van der Waals surface area contributed by atoms with Crippen molar-refractivity contribution in [2.24, 2.45) is 7.05 Å². The van der Waals surface area contributed by atoms with Gasteiger partial charge < -0.3 is 9.88 Å². The van der Waals surface area contributed by atoms with Gasteiger partial charge in [-0.1, -0.05) is 18.2 Å². The van der Waals surface area contributed by atoms with Gasteiger partial charge in [0.25, 0.3) is 5.56 Å². The van der Waals surface area contributed by atoms with Crippen LogP contribution in [-0.4, -0.2) is 45.8 Å². The molecule has 0 atom stereocenters. The fourth-order valence-electron chi connectivity index (χ4n) is 3.71. The van der Waals surface area contributed by atoms with Crippen LogP contribution in [0.3, 0.4) is 0 Å². The first-order valence-corrected chi connectivity index (χ1v) is 9.10. The zero-order chi connectivity index (χ0) is 18.3. The lowest BCUT2D eigenvalue weighted by Crippen LogP contribution is -2.46. The molecule has 1 aromatic carbocycles. The average Bonchev–Trinajstić information content (AvgIpc) is 2.94. The topological polar surface area (TPSA) is 57.2 Å². The molecular formula is C20H25N5O. The number of rotatable bonds is 3. The van der Waals surface area contributed by atoms with Gasteiger partial charge in [-0.05, 0) is 25.0 Å². The van der Waals surface area contributed by atoms with Gasteiger partial charge in [0.15, 0.2) is 0 Å². The Labute approximate surface area is 153 Å². The van der Waals surface area contributed by atoms with Crippen LogP contribution < -0.4 is 10.5 Å². The number of aromatic amines is 1. The van der Waals surface area contributed by atoms with Crippen LogP contribution >= 0.6 is 0 Å². The van der Waals surface area contributed by atoms with Crippen LogP contribution in [0.1, 0.15) is 16.8 Å². The SMILES string of the molecule is Cc1[nH]c2c(CN3CCN(c4cnn(C)c(=O)c4)CC3)cccc2c1C. The molecule has 1 aliphatic rings. The predicted molar refractivity (Wildman–Crippen MR) is 105 cm³/mol. The second-order valence-corrected chi connectivity index (χ2v) is 7.15. The maximum atomic E-state index is 11.8. The summed E-state index contributed by atoms with van der Waals surface area (Å²) in [7, 11) is 1.68. The molecule has 1 saturated heterocycles. The quantitative estimate of drug-likeness (QED) is 0.786. The number of aromatic nitrogens is 3. The summed E-state index contributed by atoms with van der Waals surface area (Å²) in [4.78, 5) is 20.1. The molecule has 1 aliphatic heterocycles. The van der Waals surface area contributed by atoms with E-state index in [0.29, 0.717) is 0 Å². The molecule has 26 heavy (non-hydrogen) atoms. The van der Waals surface area contributed by atoms with Crippen LogP contribution in [0.5, 0.6) is 0 Å². The monoisotopic (exact) mass is 351 g/mol. The minimum atomic E-state index is -0.0610. The number of para-hydroxylation sites is 1. The molecule has 0 radical (unpaired) electrons. The molecule has 1 fully saturated rings. The van der Waals surface area contributed by atoms with Crippen LogP contribution in [0.4, 0.5) is 5.69 Å². The van der Waals surface area contributed by atoms with Crippen molar-refractivity contribution in [3.05, 3.63) is 57.6 Å². The summed E-state index contributed by atoms with van der Waals surface area (Å²) in [5, 5.41) is 5.45. The second-order valence-electron chi connectivity index (χ2n) is 7.15. The highest BCUT2D eigenvalue weighted by Gasteiger charge is 2.19. The fourth-order valence-corrected chi connectivity index (χ4v) is 3.71. The Balaban J connectivity index is 1.46. The van der Waals surface area contributed by atoms with Crippen molar-refractivity contribution < 1.29 is 0 Å². The normalized spacial score (nSPS) is 15.7. The Morgan fingerprint density at radius 1 is 1.15 bits per heavy atom. The largest absolute Gasteiger partial charge is 0.368 e. The smallest absolute Gasteiger partial charge is 0.268 e. The number of aryl methyl sites for hydroxylation is 3. The van der Waals surface area contributed by atoms with E-state index < -0.39 is 0 Å². The second kappa shape index (κ2) is 6.61. The minimum Gasteiger partial charge on any atom is -0.368 e. The first-order valence-electron chi connectivity index (χ1n) is 9.10. The summed E-state index contributed by atoms with van der Waals surface area (Å²) in [6, 6.07) is 8.24. The number of hydrogen-bond acceptors (Lipinski definition) is 4. The van der Waals surface area contributed by atoms with Gasteiger partial charge in [0.05, 0.1) is 17.4 Å². The van der Waals surface area contributed by atoms with E-state index in [-0.39, 0.29) is 5.56 Å². The number of nitrogens with one attached hydrogen (secondary N) is 1. The molecule has 0 saturated carbocycles. The molecule has 3 aromatic rings. The highest BCUT2D eigenvalue weighted by atomic mass is 16.1. The van der Waals surface area contributed by atoms with Crippen molar-refractivity contribution in [3.63, 3.8) is 0 Å². The molecule has 2 aromatic heterocycles. The molecule has 6 nitrogen and oxygen atoms in total. The van der Waals surface area contributed by atoms with Gasteiger partial charge in [-0.3, -0.25) is 9.69 Å². The lowest BCUT2D eigenvalue weighted by molar-refractivity contribution is 0.250. The molecule has 0 unspecified atom stereocenters. The van der Waals surface area contributed by atoms with Gasteiger partial charge in [0, 0.05) is 56.9 Å². The van der Waals surface area contributed by atoms with Gasteiger partial charge in [-0.2, -0.15) is 5.10 Å². The van der Waals surface area contributed by atoms with Crippen molar-refractivity contribution in [3.8, 4) is 0 Å². The zero-order valence-electron chi connectivity index (χ0n) is 15.6. The molecule has 1 N–H and O–H groups in total. The van der Waals surface area contributed by atoms with Crippen molar-refractivity contribution in [1.82, 2.24) is 19.7 Å². The molecule has 6 heteroatoms. The van der Waals surface area contributed by atoms with Crippen LogP contribution in [0.25, 0.3) is 10.9 Å². The van der Waals surface area contributed by atoms with E-state index >= 15 is 0 Å². The first kappa shape index (κ1) is 16.8. The predicted octanol–water partition coefficient (Wildman–Crippen LogP) is 2.20. The van der Waals surface area contributed by atoms with Crippen molar-refractivity contribution >= 4 is 16.6 Å². The van der Waals surface area contributed by atoms with E-state index in [1.807, 2.05) is 0 Å². The van der Waals surface area contributed by atoms with Gasteiger partial charge in [-0.15, -0.1) is 0 Å². The van der Waals surface area contributed by atoms with Crippen LogP contribution in [-0.2, 0) is 13.6 Å². The minimum absolute atomic E-state index is 0.0610. The van der Waals surface area contributed by atoms with Gasteiger partial charge in [-0.25, -0.2) is 4.68 Å². The maximum Gasteiger partial charge on any atom is 0.268 e. The molecular weight excluding hydrogens is 326 g/mol. The van der Waals surface area contributed by atoms with E-state index in [4.69, 9.17) is 0 Å². The summed E-state index contributed by atoms with van der Waals surface area (Å²) in [6.07, 6.45) is 1.78. The van der Waals surface area contributed by atoms with E-state index in [2.05, 4.69) is 51.9 Å². The third-order valence-corrected chi connectivity index (χ3v) is 5.51. The number of piperazine rings is 1. The van der Waals surface area contributed by atoms with Gasteiger partial charge in [0.2, 0.25) is 0 Å². The third-order valence-electron chi connectivity index (χ3n) is 5.51. The molecule has 0 bridgehead atoms. The molecule has 3 heterocycles. The Bertz CT molecular complexity index is 995. The number of nitrogens with zero attached hydrogens (tertiary/aromatic N) is 4. The van der Waals surface area contributed by atoms with E-state index in [1.165, 1.54) is 32.4 Å². The Morgan fingerprint density at radius 2 is 1.92 bits per heavy atom. The number of anilines is 1. The lowest BCUT2D eigenvalue weighted by Gasteiger charge is -2.35. The summed E-state index contributed by atoms with van der Waals surface area (Å²) in [5.74, 6) is 0. The highest BCUT2D eigenvalue weighted by Crippen LogP contribution is 2.25. The first-order chi connectivity index (χ1) is 12.5. The van der Waals surface area contributed by atoms with Crippen LogP contribution in [0, 0.1) is 13.8 Å². The molecule has 0 amide bonds. The van der Waals surface area contributed by atoms with Gasteiger partial charge in [0.1, 0.15) is 0 Å². The lowest BCUT2D eigenvalue weighted by atomic mass is 10.1. The number of fused-ring (bicyclic) bond motifs is 1. The summed E-state index contributed by atoms with van der Waals surface area (Å²) < 4.78 is 1.36. The molecule has 0 spiro atoms. The number of hydrogen-bond donors (Lipinski definition) is 1. The highest BCUT2D eigenvalue weighted by molar-refractivity contribution is 5.87. The average molecular weight is 351 g/mol. The Morgan fingerprint density at radius 3 is 2.65 bits per heavy atom. The van der Waals surface area contributed by atoms with Crippen molar-refractivity contribution in [2.75, 3.05) is 31.1 Å². The van der Waals surface area contributed by atoms with Crippen molar-refractivity contribution in [1.29, 1.82) is 0 Å². The molecule has 4 rings (SSSR count). The fraction of sp³-hybridized carbons (Fsp3) is 0.400. The van der Waals surface area contributed by atoms with E-state index in [1.54, 1.807) is 19.3 Å². The Kier molecular flexibility index (Phi) is 4.28. The maximum absolute atomic E-state index is 11.8. The summed E-state index contributed by atoms with van der Waals surface area (Å²) >= 11 is 0. The van der Waals surface area contributed by atoms with Crippen molar-refractivity contribution in [2.45, 2.75) is 20.4 Å². The van der Waals surface area contributed by atoms with Crippen LogP contribution in [0.2, 0.25) is 0 Å². The summed E-state index contributed by atoms with van der Waals surface area (Å²) in [5.41, 5.74) is 6.06. The Hall–Kier alpha value is -2.60. The van der Waals surface area contributed by atoms with E-state index in [9.17, 15) is 4.79 Å². The zero-order valence-corrected chi connectivity index (χ0v) is 15.6. The van der Waals surface area contributed by atoms with Crippen LogP contribution in [0.15, 0.2) is 35.3 Å². The summed E-state index contributed by atoms with van der Waals surface area (Å²) in [6.45, 7) is 9.03. The molecule has 136 valence electrons. The number of H-pyrrole nitrogens is 1. The standard InChI is InChI=1S/C20H25N5O/c1-14-15(2)22-20-16(5-4-6-18(14)20)13-24-7-9-25(10-8-24)17-11-19(26)23(3)21-12-17/h4-6,11-12,22H,7-10,13H2,1-3H3. The third kappa shape index (κ3) is 3.01. The number of benzene rings is 1.